The quantitative estimate of drug-likeness (QED) is 0.524. The highest BCUT2D eigenvalue weighted by molar-refractivity contribution is 9.09. The van der Waals surface area contributed by atoms with Crippen LogP contribution in [0.5, 0.6) is 0 Å². The van der Waals surface area contributed by atoms with E-state index in [1.165, 1.54) is 6.42 Å². The molecule has 66 valence electrons. The predicted molar refractivity (Wildman–Crippen MR) is 48.2 cm³/mol. The van der Waals surface area contributed by atoms with Crippen molar-refractivity contribution in [3.05, 3.63) is 0 Å². The Bertz CT molecular complexity index is 92.1. The minimum absolute atomic E-state index is 0.380. The number of rotatable bonds is 5. The van der Waals surface area contributed by atoms with Crippen molar-refractivity contribution < 1.29 is 9.47 Å². The molecule has 1 saturated heterocycles. The molecule has 0 aliphatic carbocycles. The minimum atomic E-state index is 0.380. The topological polar surface area (TPSA) is 18.5 Å². The van der Waals surface area contributed by atoms with Gasteiger partial charge < -0.3 is 9.47 Å². The summed E-state index contributed by atoms with van der Waals surface area (Å²) in [5.74, 6) is 0. The number of ether oxygens (including phenoxy) is 2. The molecule has 1 unspecified atom stereocenters. The molecule has 1 rings (SSSR count). The van der Waals surface area contributed by atoms with Gasteiger partial charge in [0.15, 0.2) is 0 Å². The highest BCUT2D eigenvalue weighted by atomic mass is 79.9. The lowest BCUT2D eigenvalue weighted by atomic mass is 10.3. The van der Waals surface area contributed by atoms with Gasteiger partial charge in [-0.15, -0.1) is 0 Å². The van der Waals surface area contributed by atoms with E-state index in [1.807, 2.05) is 0 Å². The van der Waals surface area contributed by atoms with Gasteiger partial charge in [-0.2, -0.15) is 0 Å². The Labute approximate surface area is 76.4 Å². The molecule has 1 aliphatic rings. The standard InChI is InChI=1S/C8H15BrO2/c9-4-1-2-5-11-8-3-6-10-7-8/h8H,1-7H2. The van der Waals surface area contributed by atoms with Gasteiger partial charge in [-0.3, -0.25) is 0 Å². The summed E-state index contributed by atoms with van der Waals surface area (Å²) >= 11 is 3.38. The van der Waals surface area contributed by atoms with Crippen LogP contribution in [0.4, 0.5) is 0 Å². The van der Waals surface area contributed by atoms with Crippen molar-refractivity contribution in [2.75, 3.05) is 25.2 Å². The largest absolute Gasteiger partial charge is 0.379 e. The molecule has 0 radical (unpaired) electrons. The van der Waals surface area contributed by atoms with Crippen molar-refractivity contribution in [2.24, 2.45) is 0 Å². The van der Waals surface area contributed by atoms with Crippen LogP contribution in [0.2, 0.25) is 0 Å². The van der Waals surface area contributed by atoms with Gasteiger partial charge >= 0.3 is 0 Å². The number of unbranched alkanes of at least 4 members (excludes halogenated alkanes) is 1. The van der Waals surface area contributed by atoms with Gasteiger partial charge in [0.1, 0.15) is 0 Å². The first-order chi connectivity index (χ1) is 5.43. The fraction of sp³-hybridized carbons (Fsp3) is 1.00. The van der Waals surface area contributed by atoms with E-state index in [4.69, 9.17) is 9.47 Å². The molecule has 0 N–H and O–H groups in total. The van der Waals surface area contributed by atoms with Crippen LogP contribution in [0.3, 0.4) is 0 Å². The van der Waals surface area contributed by atoms with Crippen molar-refractivity contribution >= 4 is 15.9 Å². The van der Waals surface area contributed by atoms with E-state index in [1.54, 1.807) is 0 Å². The number of alkyl halides is 1. The van der Waals surface area contributed by atoms with Gasteiger partial charge in [-0.1, -0.05) is 15.9 Å². The second-order valence-corrected chi connectivity index (χ2v) is 3.55. The highest BCUT2D eigenvalue weighted by Gasteiger charge is 2.14. The maximum atomic E-state index is 5.56. The summed E-state index contributed by atoms with van der Waals surface area (Å²) in [7, 11) is 0. The normalized spacial score (nSPS) is 24.3. The lowest BCUT2D eigenvalue weighted by Gasteiger charge is -2.08. The maximum Gasteiger partial charge on any atom is 0.0830 e. The average Bonchev–Trinajstić information content (AvgIpc) is 2.50. The van der Waals surface area contributed by atoms with Gasteiger partial charge in [-0.25, -0.2) is 0 Å². The average molecular weight is 223 g/mol. The Hall–Kier alpha value is 0.400. The van der Waals surface area contributed by atoms with Gasteiger partial charge in [0, 0.05) is 18.5 Å². The second-order valence-electron chi connectivity index (χ2n) is 2.75. The van der Waals surface area contributed by atoms with Crippen LogP contribution in [0.1, 0.15) is 19.3 Å². The fourth-order valence-electron chi connectivity index (χ4n) is 1.09. The van der Waals surface area contributed by atoms with E-state index in [2.05, 4.69) is 15.9 Å². The van der Waals surface area contributed by atoms with Crippen LogP contribution in [0, 0.1) is 0 Å². The Morgan fingerprint density at radius 1 is 1.45 bits per heavy atom. The van der Waals surface area contributed by atoms with E-state index in [0.29, 0.717) is 6.10 Å². The lowest BCUT2D eigenvalue weighted by molar-refractivity contribution is 0.0414. The molecular formula is C8H15BrO2. The van der Waals surface area contributed by atoms with Crippen molar-refractivity contribution in [3.8, 4) is 0 Å². The van der Waals surface area contributed by atoms with Crippen LogP contribution in [0.15, 0.2) is 0 Å². The zero-order valence-electron chi connectivity index (χ0n) is 6.72. The third-order valence-corrected chi connectivity index (χ3v) is 2.33. The molecule has 11 heavy (non-hydrogen) atoms. The Kier molecular flexibility index (Phi) is 5.15. The summed E-state index contributed by atoms with van der Waals surface area (Å²) in [6, 6.07) is 0. The zero-order chi connectivity index (χ0) is 7.94. The van der Waals surface area contributed by atoms with Crippen molar-refractivity contribution in [3.63, 3.8) is 0 Å². The molecule has 0 aromatic rings. The molecule has 0 saturated carbocycles. The molecule has 0 spiro atoms. The van der Waals surface area contributed by atoms with Crippen molar-refractivity contribution in [1.29, 1.82) is 0 Å². The molecular weight excluding hydrogens is 208 g/mol. The van der Waals surface area contributed by atoms with Crippen LogP contribution in [0.25, 0.3) is 0 Å². The second kappa shape index (κ2) is 5.98. The summed E-state index contributed by atoms with van der Waals surface area (Å²) in [6.07, 6.45) is 3.81. The summed E-state index contributed by atoms with van der Waals surface area (Å²) in [5.41, 5.74) is 0. The van der Waals surface area contributed by atoms with Crippen LogP contribution in [-0.4, -0.2) is 31.3 Å². The zero-order valence-corrected chi connectivity index (χ0v) is 8.31. The SMILES string of the molecule is BrCCCCOC1CCOC1. The summed E-state index contributed by atoms with van der Waals surface area (Å²) < 4.78 is 10.7. The lowest BCUT2D eigenvalue weighted by Crippen LogP contribution is -2.12. The molecule has 1 atom stereocenters. The molecule has 0 bridgehead atoms. The predicted octanol–water partition coefficient (Wildman–Crippen LogP) is 1.97. The number of hydrogen-bond donors (Lipinski definition) is 0. The van der Waals surface area contributed by atoms with Gasteiger partial charge in [0.25, 0.3) is 0 Å². The van der Waals surface area contributed by atoms with Crippen LogP contribution < -0.4 is 0 Å². The molecule has 1 fully saturated rings. The molecule has 2 nitrogen and oxygen atoms in total. The van der Waals surface area contributed by atoms with E-state index >= 15 is 0 Å². The Balaban J connectivity index is 1.86. The number of halogens is 1. The maximum absolute atomic E-state index is 5.56. The van der Waals surface area contributed by atoms with E-state index in [-0.39, 0.29) is 0 Å². The molecule has 3 heteroatoms. The molecule has 1 aliphatic heterocycles. The summed E-state index contributed by atoms with van der Waals surface area (Å²) in [6.45, 7) is 2.57. The third-order valence-electron chi connectivity index (χ3n) is 1.77. The molecule has 0 aromatic heterocycles. The first-order valence-electron chi connectivity index (χ1n) is 4.19. The van der Waals surface area contributed by atoms with Crippen LogP contribution >= 0.6 is 15.9 Å². The van der Waals surface area contributed by atoms with Gasteiger partial charge in [0.05, 0.1) is 12.7 Å². The number of hydrogen-bond acceptors (Lipinski definition) is 2. The molecule has 0 amide bonds. The van der Waals surface area contributed by atoms with E-state index < -0.39 is 0 Å². The van der Waals surface area contributed by atoms with E-state index in [0.717, 1.165) is 38.0 Å². The smallest absolute Gasteiger partial charge is 0.0830 e. The third kappa shape index (κ3) is 4.09. The molecule has 0 aromatic carbocycles. The highest BCUT2D eigenvalue weighted by Crippen LogP contribution is 2.08. The van der Waals surface area contributed by atoms with Crippen molar-refractivity contribution in [1.82, 2.24) is 0 Å². The Morgan fingerprint density at radius 3 is 3.00 bits per heavy atom. The first-order valence-corrected chi connectivity index (χ1v) is 5.31. The van der Waals surface area contributed by atoms with Gasteiger partial charge in [0.2, 0.25) is 0 Å². The van der Waals surface area contributed by atoms with Crippen molar-refractivity contribution in [2.45, 2.75) is 25.4 Å². The fourth-order valence-corrected chi connectivity index (χ4v) is 1.49. The van der Waals surface area contributed by atoms with Gasteiger partial charge in [-0.05, 0) is 19.3 Å². The Morgan fingerprint density at radius 2 is 2.36 bits per heavy atom. The molecule has 1 heterocycles. The first kappa shape index (κ1) is 9.49. The monoisotopic (exact) mass is 222 g/mol. The summed E-state index contributed by atoms with van der Waals surface area (Å²) in [5, 5.41) is 1.08. The summed E-state index contributed by atoms with van der Waals surface area (Å²) in [4.78, 5) is 0. The van der Waals surface area contributed by atoms with Crippen LogP contribution in [-0.2, 0) is 9.47 Å². The minimum Gasteiger partial charge on any atom is -0.379 e. The van der Waals surface area contributed by atoms with E-state index in [9.17, 15) is 0 Å².